The van der Waals surface area contributed by atoms with E-state index in [1.54, 1.807) is 12.1 Å². The minimum absolute atomic E-state index is 0.136. The summed E-state index contributed by atoms with van der Waals surface area (Å²) in [5.41, 5.74) is 10.5. The molecule has 0 amide bonds. The molecule has 37 heavy (non-hydrogen) atoms. The number of hydrogen-bond donors (Lipinski definition) is 3. The molecule has 1 aliphatic rings. The number of hydrogen-bond acceptors (Lipinski definition) is 4. The summed E-state index contributed by atoms with van der Waals surface area (Å²) in [6.45, 7) is 2.40. The van der Waals surface area contributed by atoms with E-state index in [0.29, 0.717) is 18.6 Å². The molecule has 0 saturated carbocycles. The molecule has 0 spiro atoms. The van der Waals surface area contributed by atoms with Crippen molar-refractivity contribution >= 4 is 5.97 Å². The number of carboxylic acid groups (broad SMARTS) is 1. The second-order valence-electron chi connectivity index (χ2n) is 8.90. The number of carboxylic acids is 1. The van der Waals surface area contributed by atoms with Crippen LogP contribution in [0.25, 0.3) is 11.1 Å². The lowest BCUT2D eigenvalue weighted by Crippen LogP contribution is -2.56. The Labute approximate surface area is 218 Å². The van der Waals surface area contributed by atoms with E-state index in [9.17, 15) is 15.0 Å². The largest absolute Gasteiger partial charge is 0.545 e. The van der Waals surface area contributed by atoms with Crippen LogP contribution in [0, 0.1) is 0 Å². The molecule has 0 heterocycles. The maximum absolute atomic E-state index is 11.0. The van der Waals surface area contributed by atoms with Crippen molar-refractivity contribution in [2.24, 2.45) is 0 Å². The average molecular weight is 498 g/mol. The topological polar surface area (TPSA) is 108 Å². The molecule has 0 radical (unpaired) electrons. The van der Waals surface area contributed by atoms with Crippen LogP contribution in [0.2, 0.25) is 0 Å². The molecule has 0 aliphatic heterocycles. The average Bonchev–Trinajstić information content (AvgIpc) is 3.33. The number of aromatic carboxylic acids is 1. The summed E-state index contributed by atoms with van der Waals surface area (Å²) < 4.78 is 0. The number of carbonyl (C=O) groups excluding carboxylic acids is 1. The van der Waals surface area contributed by atoms with E-state index in [2.05, 4.69) is 12.7 Å². The molecular weight excluding hydrogens is 462 g/mol. The van der Waals surface area contributed by atoms with Gasteiger partial charge in [0.2, 0.25) is 0 Å². The van der Waals surface area contributed by atoms with E-state index in [1.807, 2.05) is 91.0 Å². The molecule has 192 valence electrons. The highest BCUT2D eigenvalue weighted by atomic mass is 16.4. The molecule has 0 aromatic heterocycles. The number of benzene rings is 4. The molecule has 0 fully saturated rings. The van der Waals surface area contributed by atoms with E-state index in [4.69, 9.17) is 5.11 Å². The van der Waals surface area contributed by atoms with Crippen LogP contribution in [0.3, 0.4) is 0 Å². The number of carbonyl (C=O) groups is 1. The van der Waals surface area contributed by atoms with Crippen molar-refractivity contribution in [1.82, 2.24) is 0 Å². The van der Waals surface area contributed by atoms with Gasteiger partial charge in [0, 0.05) is 17.7 Å². The third-order valence-corrected chi connectivity index (χ3v) is 6.33. The predicted molar refractivity (Wildman–Crippen MR) is 144 cm³/mol. The Morgan fingerprint density at radius 3 is 1.97 bits per heavy atom. The third kappa shape index (κ3) is 7.37. The van der Waals surface area contributed by atoms with E-state index in [0.717, 1.165) is 40.7 Å². The summed E-state index contributed by atoms with van der Waals surface area (Å²) >= 11 is 0. The molecule has 0 unspecified atom stereocenters. The highest BCUT2D eigenvalue weighted by Crippen LogP contribution is 2.37. The summed E-state index contributed by atoms with van der Waals surface area (Å²) in [5.74, 6) is -1.09. The van der Waals surface area contributed by atoms with Gasteiger partial charge < -0.3 is 25.8 Å². The van der Waals surface area contributed by atoms with Crippen molar-refractivity contribution in [3.8, 4) is 11.1 Å². The fourth-order valence-electron chi connectivity index (χ4n) is 4.27. The Hall–Kier alpha value is -3.77. The lowest BCUT2D eigenvalue weighted by Gasteiger charge is -2.16. The smallest absolute Gasteiger partial charge is 0.140 e. The Bertz CT molecular complexity index is 1210. The van der Waals surface area contributed by atoms with Crippen molar-refractivity contribution in [3.63, 3.8) is 0 Å². The number of quaternary nitrogens is 1. The van der Waals surface area contributed by atoms with Gasteiger partial charge in [-0.1, -0.05) is 116 Å². The van der Waals surface area contributed by atoms with Crippen LogP contribution in [0.15, 0.2) is 103 Å². The number of rotatable bonds is 6. The van der Waals surface area contributed by atoms with Gasteiger partial charge in [-0.05, 0) is 40.7 Å². The van der Waals surface area contributed by atoms with Crippen LogP contribution in [-0.2, 0) is 6.42 Å². The van der Waals surface area contributed by atoms with Gasteiger partial charge in [0.1, 0.15) is 12.1 Å². The summed E-state index contributed by atoms with van der Waals surface area (Å²) in [6.07, 6.45) is 2.18. The number of aliphatic hydroxyl groups is 2. The third-order valence-electron chi connectivity index (χ3n) is 6.33. The minimum atomic E-state index is -1.09. The molecule has 2 atom stereocenters. The lowest BCUT2D eigenvalue weighted by atomic mass is 9.97. The lowest BCUT2D eigenvalue weighted by molar-refractivity contribution is -0.446. The zero-order chi connectivity index (χ0) is 26.6. The van der Waals surface area contributed by atoms with Crippen LogP contribution in [0.4, 0.5) is 0 Å². The standard InChI is InChI=1S/C14H15NO.C14H10O2.C4H10O/c15-13(11-7-3-1-4-8-11)14(16)12-9-5-2-6-10-12;15-14(16)12-7-3-6-11-10-5-2-1-4-9(10)8-13(11)12;1-2-3-4-5/h1-10,13-14,16H,15H2;1-7H,8H2,(H,15,16);5H,2-4H2,1H3/t13-,14+;;/m0../s1. The fourth-order valence-corrected chi connectivity index (χ4v) is 4.27. The number of aliphatic hydroxyl groups excluding tert-OH is 2. The summed E-state index contributed by atoms with van der Waals surface area (Å²) in [7, 11) is 0. The highest BCUT2D eigenvalue weighted by molar-refractivity contribution is 5.93. The van der Waals surface area contributed by atoms with Gasteiger partial charge in [0.25, 0.3) is 0 Å². The van der Waals surface area contributed by atoms with Crippen LogP contribution < -0.4 is 10.8 Å². The molecular formula is C32H35NO4. The molecule has 5 N–H and O–H groups in total. The normalized spacial score (nSPS) is 12.5. The van der Waals surface area contributed by atoms with E-state index in [-0.39, 0.29) is 6.04 Å². The molecule has 5 heteroatoms. The molecule has 0 saturated heterocycles. The number of unbranched alkanes of at least 4 members (excludes halogenated alkanes) is 1. The van der Waals surface area contributed by atoms with Gasteiger partial charge >= 0.3 is 0 Å². The van der Waals surface area contributed by atoms with E-state index in [1.165, 1.54) is 5.56 Å². The Morgan fingerprint density at radius 2 is 1.41 bits per heavy atom. The van der Waals surface area contributed by atoms with Gasteiger partial charge in [-0.15, -0.1) is 0 Å². The van der Waals surface area contributed by atoms with Crippen LogP contribution in [-0.4, -0.2) is 22.8 Å². The van der Waals surface area contributed by atoms with Crippen molar-refractivity contribution in [1.29, 1.82) is 0 Å². The minimum Gasteiger partial charge on any atom is -0.545 e. The Kier molecular flexibility index (Phi) is 10.6. The van der Waals surface area contributed by atoms with Crippen LogP contribution >= 0.6 is 0 Å². The van der Waals surface area contributed by atoms with Gasteiger partial charge in [-0.2, -0.15) is 0 Å². The molecule has 5 rings (SSSR count). The first-order chi connectivity index (χ1) is 18.0. The summed E-state index contributed by atoms with van der Waals surface area (Å²) in [5, 5.41) is 29.2. The summed E-state index contributed by atoms with van der Waals surface area (Å²) in [4.78, 5) is 11.0. The van der Waals surface area contributed by atoms with Crippen molar-refractivity contribution < 1.29 is 25.8 Å². The SMILES string of the molecule is CCCCO.O=C([O-])c1cccc2c1Cc1ccccc1-2.[NH3+][C@@H](c1ccccc1)[C@H](O)c1ccccc1. The van der Waals surface area contributed by atoms with Crippen molar-refractivity contribution in [2.45, 2.75) is 38.3 Å². The zero-order valence-electron chi connectivity index (χ0n) is 21.2. The highest BCUT2D eigenvalue weighted by Gasteiger charge is 2.22. The maximum atomic E-state index is 11.0. The summed E-state index contributed by atoms with van der Waals surface area (Å²) in [6, 6.07) is 32.7. The van der Waals surface area contributed by atoms with Gasteiger partial charge in [0.15, 0.2) is 0 Å². The molecule has 1 aliphatic carbocycles. The predicted octanol–water partition coefficient (Wildman–Crippen LogP) is 4.10. The monoisotopic (exact) mass is 497 g/mol. The van der Waals surface area contributed by atoms with Gasteiger partial charge in [-0.3, -0.25) is 0 Å². The maximum Gasteiger partial charge on any atom is 0.140 e. The first-order valence-corrected chi connectivity index (χ1v) is 12.6. The van der Waals surface area contributed by atoms with Crippen LogP contribution in [0.1, 0.15) is 64.5 Å². The second-order valence-corrected chi connectivity index (χ2v) is 8.90. The second kappa shape index (κ2) is 14.1. The zero-order valence-corrected chi connectivity index (χ0v) is 21.2. The van der Waals surface area contributed by atoms with Crippen molar-refractivity contribution in [3.05, 3.63) is 131 Å². The first kappa shape index (κ1) is 27.8. The number of fused-ring (bicyclic) bond motifs is 3. The van der Waals surface area contributed by atoms with Gasteiger partial charge in [0.05, 0.1) is 5.97 Å². The van der Waals surface area contributed by atoms with E-state index >= 15 is 0 Å². The Balaban J connectivity index is 0.000000175. The Morgan fingerprint density at radius 1 is 0.838 bits per heavy atom. The van der Waals surface area contributed by atoms with Gasteiger partial charge in [-0.25, -0.2) is 0 Å². The quantitative estimate of drug-likeness (QED) is 0.328. The molecule has 0 bridgehead atoms. The molecule has 4 aromatic carbocycles. The molecule has 4 aromatic rings. The first-order valence-electron chi connectivity index (χ1n) is 12.6. The van der Waals surface area contributed by atoms with Crippen LogP contribution in [0.5, 0.6) is 0 Å². The van der Waals surface area contributed by atoms with E-state index < -0.39 is 12.1 Å². The van der Waals surface area contributed by atoms with Crippen molar-refractivity contribution in [2.75, 3.05) is 6.61 Å². The molecule has 5 nitrogen and oxygen atoms in total. The fraction of sp³-hybridized carbons (Fsp3) is 0.219.